The van der Waals surface area contributed by atoms with Gasteiger partial charge in [0.15, 0.2) is 0 Å². The molecule has 4 rings (SSSR count). The van der Waals surface area contributed by atoms with E-state index in [1.54, 1.807) is 0 Å². The Morgan fingerprint density at radius 1 is 1.11 bits per heavy atom. The highest BCUT2D eigenvalue weighted by atomic mass is 28.3. The topological polar surface area (TPSA) is 18.5 Å². The summed E-state index contributed by atoms with van der Waals surface area (Å²) in [6.45, 7) is 2.47. The van der Waals surface area contributed by atoms with Gasteiger partial charge in [-0.3, -0.25) is 0 Å². The maximum atomic E-state index is 5.86. The molecular weight excluding hydrogens is 240 g/mol. The minimum absolute atomic E-state index is 0.447. The Kier molecular flexibility index (Phi) is 2.41. The number of hydrogen-bond donors (Lipinski definition) is 0. The molecule has 3 heteroatoms. The highest BCUT2D eigenvalue weighted by Crippen LogP contribution is 2.76. The van der Waals surface area contributed by atoms with Gasteiger partial charge in [-0.25, -0.2) is 0 Å². The van der Waals surface area contributed by atoms with Crippen molar-refractivity contribution in [3.63, 3.8) is 0 Å². The zero-order valence-electron chi connectivity index (χ0n) is 11.6. The predicted molar refractivity (Wildman–Crippen MR) is 73.5 cm³/mol. The van der Waals surface area contributed by atoms with E-state index in [4.69, 9.17) is 8.85 Å². The Morgan fingerprint density at radius 3 is 2.56 bits per heavy atom. The monoisotopic (exact) mass is 264 g/mol. The van der Waals surface area contributed by atoms with Crippen molar-refractivity contribution in [3.8, 4) is 0 Å². The Bertz CT molecular complexity index is 392. The molecule has 3 saturated carbocycles. The lowest BCUT2D eigenvalue weighted by Gasteiger charge is -2.44. The van der Waals surface area contributed by atoms with Crippen LogP contribution in [0.5, 0.6) is 0 Å². The molecule has 2 nitrogen and oxygen atoms in total. The van der Waals surface area contributed by atoms with E-state index in [-0.39, 0.29) is 0 Å². The van der Waals surface area contributed by atoms with Crippen molar-refractivity contribution in [3.05, 3.63) is 12.2 Å². The highest BCUT2D eigenvalue weighted by Gasteiger charge is 2.70. The molecule has 7 atom stereocenters. The van der Waals surface area contributed by atoms with Gasteiger partial charge < -0.3 is 8.85 Å². The molecular formula is C15H24O2Si. The van der Waals surface area contributed by atoms with Crippen LogP contribution in [0.25, 0.3) is 0 Å². The van der Waals surface area contributed by atoms with Crippen LogP contribution in [0.3, 0.4) is 0 Å². The molecule has 0 saturated heterocycles. The first-order valence-electron chi connectivity index (χ1n) is 7.45. The van der Waals surface area contributed by atoms with Crippen molar-refractivity contribution in [2.45, 2.75) is 31.2 Å². The standard InChI is InChI=1S/C15H24O2Si/c1-9-7-15(18(16-2)17-3)8-12(9)13-10-4-5-11(6-10)14(13)15/h4-5,9-14,18H,6-8H2,1-3H3. The van der Waals surface area contributed by atoms with Crippen LogP contribution in [-0.4, -0.2) is 23.5 Å². The van der Waals surface area contributed by atoms with Crippen LogP contribution in [0.4, 0.5) is 0 Å². The average Bonchev–Trinajstić information content (AvgIpc) is 3.05. The van der Waals surface area contributed by atoms with E-state index in [1.807, 2.05) is 14.2 Å². The summed E-state index contributed by atoms with van der Waals surface area (Å²) in [5.74, 6) is 5.43. The maximum absolute atomic E-state index is 5.86. The second kappa shape index (κ2) is 3.71. The second-order valence-corrected chi connectivity index (χ2v) is 9.89. The number of hydrogen-bond acceptors (Lipinski definition) is 2. The SMILES string of the molecule is CO[SiH](OC)C12CC(C)C(C1)C1C3C=CC(C3)C12. The van der Waals surface area contributed by atoms with Gasteiger partial charge in [-0.05, 0) is 54.8 Å². The Labute approximate surface area is 112 Å². The quantitative estimate of drug-likeness (QED) is 0.443. The minimum Gasteiger partial charge on any atom is -0.400 e. The summed E-state index contributed by atoms with van der Waals surface area (Å²) in [6, 6.07) is 0. The van der Waals surface area contributed by atoms with Crippen LogP contribution >= 0.6 is 0 Å². The lowest BCUT2D eigenvalue weighted by Crippen LogP contribution is -2.43. The van der Waals surface area contributed by atoms with Crippen molar-refractivity contribution >= 4 is 9.28 Å². The average molecular weight is 264 g/mol. The van der Waals surface area contributed by atoms with Crippen LogP contribution in [0.15, 0.2) is 12.2 Å². The van der Waals surface area contributed by atoms with Crippen LogP contribution < -0.4 is 0 Å². The van der Waals surface area contributed by atoms with E-state index in [2.05, 4.69) is 19.1 Å². The van der Waals surface area contributed by atoms with E-state index in [9.17, 15) is 0 Å². The van der Waals surface area contributed by atoms with E-state index in [0.29, 0.717) is 5.04 Å². The Morgan fingerprint density at radius 2 is 1.83 bits per heavy atom. The number of fused-ring (bicyclic) bond motifs is 9. The lowest BCUT2D eigenvalue weighted by atomic mass is 9.69. The maximum Gasteiger partial charge on any atom is 0.327 e. The van der Waals surface area contributed by atoms with Gasteiger partial charge in [-0.2, -0.15) is 0 Å². The number of rotatable bonds is 3. The summed E-state index contributed by atoms with van der Waals surface area (Å²) < 4.78 is 11.7. The summed E-state index contributed by atoms with van der Waals surface area (Å²) in [7, 11) is 2.24. The van der Waals surface area contributed by atoms with Crippen LogP contribution in [0, 0.1) is 35.5 Å². The largest absolute Gasteiger partial charge is 0.400 e. The molecule has 7 unspecified atom stereocenters. The minimum atomic E-state index is -1.52. The molecule has 0 radical (unpaired) electrons. The molecule has 0 aliphatic heterocycles. The molecule has 0 aromatic heterocycles. The lowest BCUT2D eigenvalue weighted by molar-refractivity contribution is 0.135. The van der Waals surface area contributed by atoms with E-state index in [0.717, 1.165) is 35.5 Å². The highest BCUT2D eigenvalue weighted by molar-refractivity contribution is 6.49. The van der Waals surface area contributed by atoms with Crippen molar-refractivity contribution in [1.29, 1.82) is 0 Å². The van der Waals surface area contributed by atoms with Crippen LogP contribution in [0.2, 0.25) is 5.04 Å². The van der Waals surface area contributed by atoms with Crippen molar-refractivity contribution in [1.82, 2.24) is 0 Å². The van der Waals surface area contributed by atoms with Gasteiger partial charge >= 0.3 is 9.28 Å². The van der Waals surface area contributed by atoms with Gasteiger partial charge in [0, 0.05) is 19.3 Å². The first-order chi connectivity index (χ1) is 8.71. The zero-order chi connectivity index (χ0) is 12.5. The molecule has 0 amide bonds. The third-order valence-corrected chi connectivity index (χ3v) is 9.28. The van der Waals surface area contributed by atoms with Crippen LogP contribution in [-0.2, 0) is 8.85 Å². The van der Waals surface area contributed by atoms with Crippen molar-refractivity contribution in [2.24, 2.45) is 35.5 Å². The van der Waals surface area contributed by atoms with Gasteiger partial charge in [0.1, 0.15) is 0 Å². The zero-order valence-corrected chi connectivity index (χ0v) is 12.8. The third kappa shape index (κ3) is 1.17. The van der Waals surface area contributed by atoms with Crippen molar-refractivity contribution in [2.75, 3.05) is 14.2 Å². The summed E-state index contributed by atoms with van der Waals surface area (Å²) in [5.41, 5.74) is 0. The van der Waals surface area contributed by atoms with Crippen molar-refractivity contribution < 1.29 is 8.85 Å². The van der Waals surface area contributed by atoms with Gasteiger partial charge in [-0.15, -0.1) is 0 Å². The molecule has 18 heavy (non-hydrogen) atoms. The fourth-order valence-corrected chi connectivity index (χ4v) is 9.37. The van der Waals surface area contributed by atoms with Gasteiger partial charge in [0.2, 0.25) is 0 Å². The van der Waals surface area contributed by atoms with Gasteiger partial charge in [-0.1, -0.05) is 19.1 Å². The molecule has 0 heterocycles. The normalized spacial score (nSPS) is 55.8. The van der Waals surface area contributed by atoms with E-state index >= 15 is 0 Å². The Balaban J connectivity index is 1.77. The van der Waals surface area contributed by atoms with Gasteiger partial charge in [0.05, 0.1) is 0 Å². The molecule has 4 aliphatic carbocycles. The summed E-state index contributed by atoms with van der Waals surface area (Å²) in [5, 5.41) is 0.447. The van der Waals surface area contributed by atoms with Crippen LogP contribution in [0.1, 0.15) is 26.2 Å². The van der Waals surface area contributed by atoms with E-state index < -0.39 is 9.28 Å². The molecule has 3 fully saturated rings. The molecule has 4 aliphatic rings. The summed E-state index contributed by atoms with van der Waals surface area (Å²) in [4.78, 5) is 0. The second-order valence-electron chi connectivity index (χ2n) is 7.14. The summed E-state index contributed by atoms with van der Waals surface area (Å²) in [6.07, 6.45) is 9.22. The molecule has 0 spiro atoms. The smallest absolute Gasteiger partial charge is 0.327 e. The molecule has 0 N–H and O–H groups in total. The molecule has 4 bridgehead atoms. The van der Waals surface area contributed by atoms with E-state index in [1.165, 1.54) is 19.3 Å². The fourth-order valence-electron chi connectivity index (χ4n) is 6.43. The molecule has 0 aromatic rings. The first kappa shape index (κ1) is 11.7. The fraction of sp³-hybridized carbons (Fsp3) is 0.867. The third-order valence-electron chi connectivity index (χ3n) is 6.62. The summed E-state index contributed by atoms with van der Waals surface area (Å²) >= 11 is 0. The van der Waals surface area contributed by atoms with Gasteiger partial charge in [0.25, 0.3) is 0 Å². The number of allylic oxidation sites excluding steroid dienone is 2. The first-order valence-corrected chi connectivity index (χ1v) is 8.97. The molecule has 100 valence electrons. The Hall–Kier alpha value is -0.123. The predicted octanol–water partition coefficient (Wildman–Crippen LogP) is 2.74. The molecule has 0 aromatic carbocycles.